The van der Waals surface area contributed by atoms with Crippen LogP contribution in [0.5, 0.6) is 0 Å². The third-order valence-corrected chi connectivity index (χ3v) is 4.76. The van der Waals surface area contributed by atoms with Crippen LogP contribution >= 0.6 is 34.2 Å². The minimum Gasteiger partial charge on any atom is -0.362 e. The summed E-state index contributed by atoms with van der Waals surface area (Å²) in [6.45, 7) is 0. The molecule has 1 aliphatic rings. The van der Waals surface area contributed by atoms with Gasteiger partial charge in [0.15, 0.2) is 0 Å². The number of hydrogen-bond donors (Lipinski definition) is 2. The maximum Gasteiger partial charge on any atom is 0.266 e. The Labute approximate surface area is 119 Å². The minimum absolute atomic E-state index is 0.0967. The van der Waals surface area contributed by atoms with Crippen molar-refractivity contribution in [2.45, 2.75) is 37.6 Å². The van der Waals surface area contributed by atoms with E-state index in [2.05, 4.69) is 15.3 Å². The van der Waals surface area contributed by atoms with Gasteiger partial charge in [0, 0.05) is 5.88 Å². The Bertz CT molecular complexity index is 443. The lowest BCUT2D eigenvalue weighted by Crippen LogP contribution is -2.43. The number of aromatic nitrogens is 2. The topological polar surface area (TPSA) is 57.8 Å². The summed E-state index contributed by atoms with van der Waals surface area (Å²) in [6, 6.07) is 0. The van der Waals surface area contributed by atoms with Gasteiger partial charge in [-0.2, -0.15) is 0 Å². The van der Waals surface area contributed by atoms with Gasteiger partial charge < -0.3 is 10.3 Å². The van der Waals surface area contributed by atoms with Crippen LogP contribution in [-0.4, -0.2) is 21.4 Å². The summed E-state index contributed by atoms with van der Waals surface area (Å²) in [4.78, 5) is 18.3. The second-order valence-corrected chi connectivity index (χ2v) is 5.84. The van der Waals surface area contributed by atoms with Crippen LogP contribution in [0.15, 0.2) is 11.1 Å². The number of nitrogens with zero attached hydrogens (tertiary/aromatic N) is 1. The fraction of sp³-hybridized carbons (Fsp3) is 0.636. The van der Waals surface area contributed by atoms with E-state index in [1.54, 1.807) is 0 Å². The van der Waals surface area contributed by atoms with Gasteiger partial charge in [0.2, 0.25) is 0 Å². The highest BCUT2D eigenvalue weighted by molar-refractivity contribution is 14.1. The van der Waals surface area contributed by atoms with Gasteiger partial charge in [-0.25, -0.2) is 4.98 Å². The van der Waals surface area contributed by atoms with Crippen molar-refractivity contribution in [3.63, 3.8) is 0 Å². The van der Waals surface area contributed by atoms with Crippen molar-refractivity contribution in [2.24, 2.45) is 0 Å². The molecule has 4 nitrogen and oxygen atoms in total. The first-order chi connectivity index (χ1) is 8.17. The number of hydrogen-bond acceptors (Lipinski definition) is 3. The average Bonchev–Trinajstić information content (AvgIpc) is 2.36. The van der Waals surface area contributed by atoms with E-state index in [1.807, 2.05) is 22.6 Å². The van der Waals surface area contributed by atoms with Crippen LogP contribution in [-0.2, 0) is 0 Å². The smallest absolute Gasteiger partial charge is 0.266 e. The van der Waals surface area contributed by atoms with E-state index >= 15 is 0 Å². The van der Waals surface area contributed by atoms with E-state index in [4.69, 9.17) is 11.6 Å². The summed E-state index contributed by atoms with van der Waals surface area (Å²) in [5, 5.41) is 3.38. The molecular weight excluding hydrogens is 352 g/mol. The summed E-state index contributed by atoms with van der Waals surface area (Å²) in [5.74, 6) is 1.20. The average molecular weight is 368 g/mol. The highest BCUT2D eigenvalue weighted by Gasteiger charge is 2.32. The molecule has 0 spiro atoms. The molecule has 0 unspecified atom stereocenters. The van der Waals surface area contributed by atoms with Crippen molar-refractivity contribution >= 4 is 40.0 Å². The molecule has 17 heavy (non-hydrogen) atoms. The predicted molar refractivity (Wildman–Crippen MR) is 77.7 cm³/mol. The summed E-state index contributed by atoms with van der Waals surface area (Å²) in [6.07, 6.45) is 7.14. The van der Waals surface area contributed by atoms with Gasteiger partial charge in [0.1, 0.15) is 9.39 Å². The van der Waals surface area contributed by atoms with E-state index in [-0.39, 0.29) is 11.1 Å². The van der Waals surface area contributed by atoms with Crippen molar-refractivity contribution in [1.29, 1.82) is 0 Å². The molecule has 0 atom stereocenters. The summed E-state index contributed by atoms with van der Waals surface area (Å²) >= 11 is 8.11. The number of alkyl halides is 1. The Kier molecular flexibility index (Phi) is 4.30. The van der Waals surface area contributed by atoms with Crippen LogP contribution in [0.2, 0.25) is 0 Å². The fourth-order valence-corrected chi connectivity index (χ4v) is 3.01. The molecule has 0 radical (unpaired) electrons. The lowest BCUT2D eigenvalue weighted by Gasteiger charge is -2.37. The minimum atomic E-state index is -0.108. The highest BCUT2D eigenvalue weighted by Crippen LogP contribution is 2.32. The van der Waals surface area contributed by atoms with Crippen LogP contribution in [0, 0.1) is 3.57 Å². The van der Waals surface area contributed by atoms with E-state index in [9.17, 15) is 4.79 Å². The van der Waals surface area contributed by atoms with E-state index in [1.165, 1.54) is 25.6 Å². The summed E-state index contributed by atoms with van der Waals surface area (Å²) in [5.41, 5.74) is -0.204. The van der Waals surface area contributed by atoms with Crippen molar-refractivity contribution in [1.82, 2.24) is 9.97 Å². The molecule has 0 aliphatic heterocycles. The van der Waals surface area contributed by atoms with Gasteiger partial charge in [0.25, 0.3) is 5.56 Å². The maximum absolute atomic E-state index is 11.5. The molecule has 0 amide bonds. The first kappa shape index (κ1) is 13.1. The normalized spacial score (nSPS) is 18.9. The molecule has 2 N–H and O–H groups in total. The molecule has 1 fully saturated rings. The molecule has 1 aromatic heterocycles. The SMILES string of the molecule is O=c1[nH]cnc(NC2(CCl)CCCCC2)c1I. The van der Waals surface area contributed by atoms with Crippen LogP contribution in [0.3, 0.4) is 0 Å². The fourth-order valence-electron chi connectivity index (χ4n) is 2.24. The molecule has 0 bridgehead atoms. The number of halogens is 2. The van der Waals surface area contributed by atoms with Gasteiger partial charge in [-0.1, -0.05) is 19.3 Å². The first-order valence-corrected chi connectivity index (χ1v) is 7.35. The van der Waals surface area contributed by atoms with Gasteiger partial charge in [0.05, 0.1) is 11.9 Å². The number of rotatable bonds is 3. The Morgan fingerprint density at radius 3 is 2.82 bits per heavy atom. The number of H-pyrrole nitrogens is 1. The van der Waals surface area contributed by atoms with Gasteiger partial charge in [-0.3, -0.25) is 4.79 Å². The summed E-state index contributed by atoms with van der Waals surface area (Å²) < 4.78 is 0.597. The Morgan fingerprint density at radius 2 is 2.18 bits per heavy atom. The lowest BCUT2D eigenvalue weighted by atomic mass is 9.83. The zero-order chi connectivity index (χ0) is 12.3. The predicted octanol–water partition coefficient (Wildman–Crippen LogP) is 2.73. The van der Waals surface area contributed by atoms with Gasteiger partial charge >= 0.3 is 0 Å². The number of nitrogens with one attached hydrogen (secondary N) is 2. The molecule has 2 rings (SSSR count). The van der Waals surface area contributed by atoms with E-state index in [0.29, 0.717) is 15.3 Å². The van der Waals surface area contributed by atoms with Crippen molar-refractivity contribution in [2.75, 3.05) is 11.2 Å². The third kappa shape index (κ3) is 2.93. The van der Waals surface area contributed by atoms with Crippen LogP contribution in [0.1, 0.15) is 32.1 Å². The van der Waals surface area contributed by atoms with Gasteiger partial charge in [-0.05, 0) is 35.4 Å². The molecule has 0 aromatic carbocycles. The van der Waals surface area contributed by atoms with Gasteiger partial charge in [-0.15, -0.1) is 11.6 Å². The first-order valence-electron chi connectivity index (χ1n) is 5.74. The largest absolute Gasteiger partial charge is 0.362 e. The Hall–Kier alpha value is -0.300. The standard InChI is InChI=1S/C11H15ClIN3O/c12-6-11(4-2-1-3-5-11)16-9-8(13)10(17)15-7-14-9/h7H,1-6H2,(H2,14,15,16,17). The third-order valence-electron chi connectivity index (χ3n) is 3.25. The molecular formula is C11H15ClIN3O. The summed E-state index contributed by atoms with van der Waals surface area (Å²) in [7, 11) is 0. The molecule has 1 heterocycles. The molecule has 94 valence electrons. The van der Waals surface area contributed by atoms with Crippen molar-refractivity contribution < 1.29 is 0 Å². The second kappa shape index (κ2) is 5.56. The molecule has 0 saturated heterocycles. The maximum atomic E-state index is 11.5. The van der Waals surface area contributed by atoms with Crippen LogP contribution in [0.25, 0.3) is 0 Å². The molecule has 6 heteroatoms. The van der Waals surface area contributed by atoms with E-state index < -0.39 is 0 Å². The molecule has 1 aliphatic carbocycles. The quantitative estimate of drug-likeness (QED) is 0.638. The number of anilines is 1. The Morgan fingerprint density at radius 1 is 1.47 bits per heavy atom. The van der Waals surface area contributed by atoms with Crippen LogP contribution < -0.4 is 10.9 Å². The molecule has 1 aromatic rings. The second-order valence-electron chi connectivity index (χ2n) is 4.49. The Balaban J connectivity index is 2.23. The van der Waals surface area contributed by atoms with Crippen LogP contribution in [0.4, 0.5) is 5.82 Å². The monoisotopic (exact) mass is 367 g/mol. The lowest BCUT2D eigenvalue weighted by molar-refractivity contribution is 0.352. The van der Waals surface area contributed by atoms with Crippen molar-refractivity contribution in [3.8, 4) is 0 Å². The highest BCUT2D eigenvalue weighted by atomic mass is 127. The zero-order valence-corrected chi connectivity index (χ0v) is 12.3. The van der Waals surface area contributed by atoms with Crippen molar-refractivity contribution in [3.05, 3.63) is 20.3 Å². The van der Waals surface area contributed by atoms with E-state index in [0.717, 1.165) is 12.8 Å². The molecule has 1 saturated carbocycles. The number of aromatic amines is 1. The zero-order valence-electron chi connectivity index (χ0n) is 9.43.